The number of ether oxygens (including phenoxy) is 2. The first-order valence-corrected chi connectivity index (χ1v) is 7.61. The van der Waals surface area contributed by atoms with Crippen molar-refractivity contribution in [2.75, 3.05) is 30.9 Å². The van der Waals surface area contributed by atoms with Crippen LogP contribution in [0.1, 0.15) is 6.92 Å². The molecule has 5 nitrogen and oxygen atoms in total. The van der Waals surface area contributed by atoms with Crippen molar-refractivity contribution in [3.05, 3.63) is 47.5 Å². The number of carbonyl (C=O) groups excluding carboxylic acids is 1. The molecule has 1 amide bonds. The molecule has 0 aliphatic rings. The van der Waals surface area contributed by atoms with Gasteiger partial charge in [-0.1, -0.05) is 23.7 Å². The fourth-order valence-electron chi connectivity index (χ4n) is 2.00. The number of carbonyl (C=O) groups is 1. The van der Waals surface area contributed by atoms with Gasteiger partial charge in [0, 0.05) is 5.69 Å². The maximum Gasteiger partial charge on any atom is 0.243 e. The normalized spacial score (nSPS) is 10.0. The third kappa shape index (κ3) is 4.79. The summed E-state index contributed by atoms with van der Waals surface area (Å²) < 4.78 is 10.6. The van der Waals surface area contributed by atoms with E-state index in [9.17, 15) is 4.79 Å². The summed E-state index contributed by atoms with van der Waals surface area (Å²) >= 11 is 6.05. The number of methoxy groups -OCH3 is 1. The van der Waals surface area contributed by atoms with E-state index in [-0.39, 0.29) is 12.5 Å². The van der Waals surface area contributed by atoms with Gasteiger partial charge in [0.15, 0.2) is 0 Å². The van der Waals surface area contributed by atoms with Gasteiger partial charge in [0.25, 0.3) is 0 Å². The Morgan fingerprint density at radius 2 is 1.96 bits per heavy atom. The van der Waals surface area contributed by atoms with E-state index in [1.807, 2.05) is 25.1 Å². The molecule has 0 radical (unpaired) electrons. The standard InChI is InChI=1S/C17H19ClN2O3/c1-3-23-16-7-5-4-6-14(16)20-17(21)11-19-12-8-9-15(22-2)13(18)10-12/h4-10,19H,3,11H2,1-2H3,(H,20,21). The average molecular weight is 335 g/mol. The second-order valence-corrected chi connectivity index (χ2v) is 5.09. The Labute approximate surface area is 140 Å². The molecule has 0 spiro atoms. The van der Waals surface area contributed by atoms with Gasteiger partial charge in [0.05, 0.1) is 31.0 Å². The van der Waals surface area contributed by atoms with Gasteiger partial charge in [-0.2, -0.15) is 0 Å². The van der Waals surface area contributed by atoms with Gasteiger partial charge in [-0.25, -0.2) is 0 Å². The van der Waals surface area contributed by atoms with Gasteiger partial charge in [0.1, 0.15) is 11.5 Å². The Morgan fingerprint density at radius 3 is 2.65 bits per heavy atom. The van der Waals surface area contributed by atoms with E-state index in [1.165, 1.54) is 0 Å². The topological polar surface area (TPSA) is 59.6 Å². The molecule has 6 heteroatoms. The minimum absolute atomic E-state index is 0.114. The van der Waals surface area contributed by atoms with Crippen molar-refractivity contribution in [2.24, 2.45) is 0 Å². The third-order valence-corrected chi connectivity index (χ3v) is 3.36. The zero-order chi connectivity index (χ0) is 16.7. The third-order valence-electron chi connectivity index (χ3n) is 3.07. The lowest BCUT2D eigenvalue weighted by molar-refractivity contribution is -0.114. The Kier molecular flexibility index (Phi) is 6.11. The maximum atomic E-state index is 12.1. The summed E-state index contributed by atoms with van der Waals surface area (Å²) in [6, 6.07) is 12.6. The lowest BCUT2D eigenvalue weighted by Gasteiger charge is -2.12. The molecule has 0 heterocycles. The minimum atomic E-state index is -0.177. The highest BCUT2D eigenvalue weighted by Crippen LogP contribution is 2.27. The van der Waals surface area contributed by atoms with Crippen LogP contribution in [0, 0.1) is 0 Å². The SMILES string of the molecule is CCOc1ccccc1NC(=O)CNc1ccc(OC)c(Cl)c1. The van der Waals surface area contributed by atoms with Crippen molar-refractivity contribution in [3.8, 4) is 11.5 Å². The van der Waals surface area contributed by atoms with Gasteiger partial charge in [-0.3, -0.25) is 4.79 Å². The largest absolute Gasteiger partial charge is 0.495 e. The molecule has 0 saturated carbocycles. The van der Waals surface area contributed by atoms with Crippen molar-refractivity contribution in [1.29, 1.82) is 0 Å². The van der Waals surface area contributed by atoms with Crippen LogP contribution in [0.3, 0.4) is 0 Å². The van der Waals surface area contributed by atoms with E-state index >= 15 is 0 Å². The first-order valence-electron chi connectivity index (χ1n) is 7.23. The number of rotatable bonds is 7. The summed E-state index contributed by atoms with van der Waals surface area (Å²) in [6.45, 7) is 2.55. The molecule has 23 heavy (non-hydrogen) atoms. The number of hydrogen-bond acceptors (Lipinski definition) is 4. The van der Waals surface area contributed by atoms with Gasteiger partial charge >= 0.3 is 0 Å². The molecule has 0 unspecified atom stereocenters. The summed E-state index contributed by atoms with van der Waals surface area (Å²) in [5, 5.41) is 6.32. The lowest BCUT2D eigenvalue weighted by Crippen LogP contribution is -2.22. The Bertz CT molecular complexity index is 677. The fourth-order valence-corrected chi connectivity index (χ4v) is 2.26. The van der Waals surface area contributed by atoms with Crippen LogP contribution in [0.25, 0.3) is 0 Å². The highest BCUT2D eigenvalue weighted by atomic mass is 35.5. The molecule has 0 saturated heterocycles. The quantitative estimate of drug-likeness (QED) is 0.808. The van der Waals surface area contributed by atoms with Crippen LogP contribution in [-0.2, 0) is 4.79 Å². The molecule has 2 aromatic rings. The molecular weight excluding hydrogens is 316 g/mol. The summed E-state index contributed by atoms with van der Waals surface area (Å²) in [5.41, 5.74) is 1.39. The summed E-state index contributed by atoms with van der Waals surface area (Å²) in [4.78, 5) is 12.1. The number of para-hydroxylation sites is 2. The maximum absolute atomic E-state index is 12.1. The van der Waals surface area contributed by atoms with E-state index in [1.54, 1.807) is 31.4 Å². The molecule has 0 aliphatic carbocycles. The number of halogens is 1. The Morgan fingerprint density at radius 1 is 1.17 bits per heavy atom. The second-order valence-electron chi connectivity index (χ2n) is 4.68. The smallest absolute Gasteiger partial charge is 0.243 e. The lowest BCUT2D eigenvalue weighted by atomic mass is 10.3. The first kappa shape index (κ1) is 17.0. The molecule has 2 aromatic carbocycles. The van der Waals surface area contributed by atoms with Crippen LogP contribution >= 0.6 is 11.6 Å². The molecule has 0 aromatic heterocycles. The van der Waals surface area contributed by atoms with Gasteiger partial charge in [-0.15, -0.1) is 0 Å². The highest BCUT2D eigenvalue weighted by Gasteiger charge is 2.08. The molecule has 0 atom stereocenters. The summed E-state index contributed by atoms with van der Waals surface area (Å²) in [7, 11) is 1.55. The zero-order valence-electron chi connectivity index (χ0n) is 13.1. The fraction of sp³-hybridized carbons (Fsp3) is 0.235. The number of hydrogen-bond donors (Lipinski definition) is 2. The van der Waals surface area contributed by atoms with Crippen LogP contribution in [0.4, 0.5) is 11.4 Å². The van der Waals surface area contributed by atoms with Crippen molar-refractivity contribution < 1.29 is 14.3 Å². The zero-order valence-corrected chi connectivity index (χ0v) is 13.8. The minimum Gasteiger partial charge on any atom is -0.495 e. The molecule has 0 bridgehead atoms. The van der Waals surface area contributed by atoms with E-state index in [0.29, 0.717) is 28.8 Å². The van der Waals surface area contributed by atoms with E-state index < -0.39 is 0 Å². The van der Waals surface area contributed by atoms with Gasteiger partial charge < -0.3 is 20.1 Å². The van der Waals surface area contributed by atoms with Crippen molar-refractivity contribution in [3.63, 3.8) is 0 Å². The van der Waals surface area contributed by atoms with Crippen molar-refractivity contribution in [1.82, 2.24) is 0 Å². The number of nitrogens with one attached hydrogen (secondary N) is 2. The van der Waals surface area contributed by atoms with Crippen LogP contribution < -0.4 is 20.1 Å². The van der Waals surface area contributed by atoms with Crippen LogP contribution in [0.2, 0.25) is 5.02 Å². The monoisotopic (exact) mass is 334 g/mol. The van der Waals surface area contributed by atoms with E-state index in [4.69, 9.17) is 21.1 Å². The average Bonchev–Trinajstić information content (AvgIpc) is 2.55. The predicted molar refractivity (Wildman–Crippen MR) is 92.7 cm³/mol. The predicted octanol–water partition coefficient (Wildman–Crippen LogP) is 3.80. The molecule has 2 N–H and O–H groups in total. The summed E-state index contributed by atoms with van der Waals surface area (Å²) in [6.07, 6.45) is 0. The van der Waals surface area contributed by atoms with Crippen molar-refractivity contribution in [2.45, 2.75) is 6.92 Å². The van der Waals surface area contributed by atoms with Gasteiger partial charge in [-0.05, 0) is 37.3 Å². The van der Waals surface area contributed by atoms with Crippen LogP contribution in [0.15, 0.2) is 42.5 Å². The van der Waals surface area contributed by atoms with E-state index in [2.05, 4.69) is 10.6 Å². The molecule has 122 valence electrons. The number of benzene rings is 2. The Hall–Kier alpha value is -2.40. The first-order chi connectivity index (χ1) is 11.1. The molecule has 0 aliphatic heterocycles. The summed E-state index contributed by atoms with van der Waals surface area (Å²) in [5.74, 6) is 1.06. The molecule has 0 fully saturated rings. The van der Waals surface area contributed by atoms with E-state index in [0.717, 1.165) is 5.69 Å². The molecular formula is C17H19ClN2O3. The van der Waals surface area contributed by atoms with Crippen molar-refractivity contribution >= 4 is 28.9 Å². The van der Waals surface area contributed by atoms with Crippen LogP contribution in [0.5, 0.6) is 11.5 Å². The molecule has 2 rings (SSSR count). The number of anilines is 2. The number of amides is 1. The second kappa shape index (κ2) is 8.29. The Balaban J connectivity index is 1.94. The van der Waals surface area contributed by atoms with Crippen LogP contribution in [-0.4, -0.2) is 26.2 Å². The highest BCUT2D eigenvalue weighted by molar-refractivity contribution is 6.32. The van der Waals surface area contributed by atoms with Gasteiger partial charge in [0.2, 0.25) is 5.91 Å².